The molecule has 0 aliphatic carbocycles. The number of amides is 1. The van der Waals surface area contributed by atoms with Gasteiger partial charge in [-0.25, -0.2) is 4.79 Å². The van der Waals surface area contributed by atoms with Gasteiger partial charge in [0, 0.05) is 24.7 Å². The van der Waals surface area contributed by atoms with Crippen LogP contribution >= 0.6 is 0 Å². The molecule has 0 aromatic heterocycles. The van der Waals surface area contributed by atoms with Gasteiger partial charge in [-0.15, -0.1) is 0 Å². The number of halogens is 5. The van der Waals surface area contributed by atoms with Crippen LogP contribution in [0.5, 0.6) is 5.75 Å². The number of hydrogen-bond donors (Lipinski definition) is 1. The molecule has 1 aliphatic heterocycles. The first kappa shape index (κ1) is 28.4. The van der Waals surface area contributed by atoms with Crippen molar-refractivity contribution in [2.75, 3.05) is 13.7 Å². The Bertz CT molecular complexity index is 1110. The van der Waals surface area contributed by atoms with E-state index in [-0.39, 0.29) is 23.9 Å². The molecule has 1 heterocycles. The molecule has 37 heavy (non-hydrogen) atoms. The molecule has 2 aromatic carbocycles. The van der Waals surface area contributed by atoms with E-state index in [1.54, 1.807) is 25.7 Å². The molecule has 5 nitrogen and oxygen atoms in total. The maximum Gasteiger partial charge on any atom is 0.422 e. The Balaban J connectivity index is 1.92. The Kier molecular flexibility index (Phi) is 8.84. The Labute approximate surface area is 213 Å². The second-order valence-corrected chi connectivity index (χ2v) is 9.82. The summed E-state index contributed by atoms with van der Waals surface area (Å²) in [6.07, 6.45) is -7.14. The summed E-state index contributed by atoms with van der Waals surface area (Å²) in [6, 6.07) is 11.9. The maximum absolute atomic E-state index is 13.3. The van der Waals surface area contributed by atoms with E-state index < -0.39 is 41.1 Å². The second-order valence-electron chi connectivity index (χ2n) is 9.82. The van der Waals surface area contributed by atoms with Crippen LogP contribution < -0.4 is 10.1 Å². The third-order valence-corrected chi connectivity index (χ3v) is 6.00. The number of benzene rings is 2. The molecule has 1 amide bonds. The van der Waals surface area contributed by atoms with E-state index in [0.29, 0.717) is 19.4 Å². The van der Waals surface area contributed by atoms with Gasteiger partial charge < -0.3 is 14.8 Å². The van der Waals surface area contributed by atoms with Crippen molar-refractivity contribution in [3.05, 3.63) is 71.3 Å². The lowest BCUT2D eigenvalue weighted by molar-refractivity contribution is -0.0711. The van der Waals surface area contributed by atoms with E-state index in [9.17, 15) is 26.7 Å². The zero-order chi connectivity index (χ0) is 27.4. The standard InChI is InChI=1S/C27H31F5N2O3/c1-26(2,3)37-25(35)34-14-8-11-20(23(34)17-9-6-5-7-10-17)33-16-19-15-18(12-13-21(19)36-4)22(24(28)29)27(30,31)32/h5-7,9-10,12-13,15,20,23,33H,8,11,14,16H2,1-4H3. The number of rotatable bonds is 6. The molecule has 2 unspecified atom stereocenters. The Morgan fingerprint density at radius 3 is 2.32 bits per heavy atom. The summed E-state index contributed by atoms with van der Waals surface area (Å²) in [5, 5.41) is 3.33. The summed E-state index contributed by atoms with van der Waals surface area (Å²) in [5.74, 6) is 0.258. The fourth-order valence-corrected chi connectivity index (χ4v) is 4.49. The molecule has 1 fully saturated rings. The lowest BCUT2D eigenvalue weighted by Gasteiger charge is -2.42. The summed E-state index contributed by atoms with van der Waals surface area (Å²) >= 11 is 0. The summed E-state index contributed by atoms with van der Waals surface area (Å²) in [7, 11) is 1.35. The maximum atomic E-state index is 13.3. The van der Waals surface area contributed by atoms with Crippen LogP contribution in [0.3, 0.4) is 0 Å². The predicted molar refractivity (Wildman–Crippen MR) is 130 cm³/mol. The molecule has 0 spiro atoms. The highest BCUT2D eigenvalue weighted by molar-refractivity contribution is 5.71. The SMILES string of the molecule is COc1ccc(C(=C(F)F)C(F)(F)F)cc1CNC1CCCN(C(=O)OC(C)(C)C)C1c1ccccc1. The van der Waals surface area contributed by atoms with Crippen molar-refractivity contribution in [2.45, 2.75) is 64.0 Å². The van der Waals surface area contributed by atoms with Crippen LogP contribution in [0.1, 0.15) is 56.3 Å². The number of methoxy groups -OCH3 is 1. The van der Waals surface area contributed by atoms with E-state index in [0.717, 1.165) is 17.7 Å². The van der Waals surface area contributed by atoms with Gasteiger partial charge in [-0.3, -0.25) is 4.90 Å². The number of carbonyl (C=O) groups is 1. The van der Waals surface area contributed by atoms with E-state index in [1.165, 1.54) is 13.2 Å². The molecule has 2 atom stereocenters. The fourth-order valence-electron chi connectivity index (χ4n) is 4.49. The van der Waals surface area contributed by atoms with Crippen molar-refractivity contribution in [3.63, 3.8) is 0 Å². The van der Waals surface area contributed by atoms with Gasteiger partial charge in [0.2, 0.25) is 0 Å². The molecule has 1 aliphatic rings. The van der Waals surface area contributed by atoms with Crippen LogP contribution in [-0.4, -0.2) is 42.5 Å². The summed E-state index contributed by atoms with van der Waals surface area (Å²) in [6.45, 7) is 5.86. The van der Waals surface area contributed by atoms with Gasteiger partial charge in [-0.2, -0.15) is 22.0 Å². The third kappa shape index (κ3) is 7.21. The van der Waals surface area contributed by atoms with Gasteiger partial charge >= 0.3 is 12.3 Å². The smallest absolute Gasteiger partial charge is 0.422 e. The number of nitrogens with one attached hydrogen (secondary N) is 1. The number of allylic oxidation sites excluding steroid dienone is 1. The Morgan fingerprint density at radius 2 is 1.76 bits per heavy atom. The summed E-state index contributed by atoms with van der Waals surface area (Å²) < 4.78 is 77.2. The zero-order valence-corrected chi connectivity index (χ0v) is 21.2. The molecular weight excluding hydrogens is 495 g/mol. The molecule has 0 saturated carbocycles. The normalized spacial score (nSPS) is 18.4. The minimum absolute atomic E-state index is 0.0339. The molecular formula is C27H31F5N2O3. The average molecular weight is 527 g/mol. The lowest BCUT2D eigenvalue weighted by Crippen LogP contribution is -2.51. The van der Waals surface area contributed by atoms with Crippen LogP contribution in [0.25, 0.3) is 5.57 Å². The number of alkyl halides is 3. The van der Waals surface area contributed by atoms with Gasteiger partial charge in [0.1, 0.15) is 16.9 Å². The van der Waals surface area contributed by atoms with Crippen LogP contribution in [0, 0.1) is 0 Å². The molecule has 3 rings (SSSR count). The highest BCUT2D eigenvalue weighted by Gasteiger charge is 2.40. The highest BCUT2D eigenvalue weighted by atomic mass is 19.4. The first-order chi connectivity index (χ1) is 17.3. The summed E-state index contributed by atoms with van der Waals surface area (Å²) in [4.78, 5) is 14.7. The quantitative estimate of drug-likeness (QED) is 0.408. The van der Waals surface area contributed by atoms with Gasteiger partial charge in [0.25, 0.3) is 6.08 Å². The molecule has 1 N–H and O–H groups in total. The van der Waals surface area contributed by atoms with Crippen LogP contribution in [0.2, 0.25) is 0 Å². The number of nitrogens with zero attached hydrogens (tertiary/aromatic N) is 1. The van der Waals surface area contributed by atoms with Gasteiger partial charge in [-0.05, 0) is 56.9 Å². The van der Waals surface area contributed by atoms with E-state index in [1.807, 2.05) is 30.3 Å². The monoisotopic (exact) mass is 526 g/mol. The Morgan fingerprint density at radius 1 is 1.08 bits per heavy atom. The zero-order valence-electron chi connectivity index (χ0n) is 21.2. The number of hydrogen-bond acceptors (Lipinski definition) is 4. The Hall–Kier alpha value is -3.14. The molecule has 10 heteroatoms. The molecule has 1 saturated heterocycles. The van der Waals surface area contributed by atoms with Crippen molar-refractivity contribution in [1.29, 1.82) is 0 Å². The largest absolute Gasteiger partial charge is 0.496 e. The molecule has 2 aromatic rings. The van der Waals surface area contributed by atoms with Crippen molar-refractivity contribution < 1.29 is 36.2 Å². The topological polar surface area (TPSA) is 50.8 Å². The van der Waals surface area contributed by atoms with Gasteiger partial charge in [0.15, 0.2) is 0 Å². The third-order valence-electron chi connectivity index (χ3n) is 6.00. The first-order valence-corrected chi connectivity index (χ1v) is 11.9. The number of likely N-dealkylation sites (tertiary alicyclic amines) is 1. The fraction of sp³-hybridized carbons (Fsp3) is 0.444. The first-order valence-electron chi connectivity index (χ1n) is 11.9. The van der Waals surface area contributed by atoms with Gasteiger partial charge in [0.05, 0.1) is 13.2 Å². The lowest BCUT2D eigenvalue weighted by atomic mass is 9.90. The molecule has 0 bridgehead atoms. The summed E-state index contributed by atoms with van der Waals surface area (Å²) in [5.41, 5.74) is -2.17. The van der Waals surface area contributed by atoms with Crippen molar-refractivity contribution >= 4 is 11.7 Å². The molecule has 202 valence electrons. The van der Waals surface area contributed by atoms with Crippen molar-refractivity contribution in [3.8, 4) is 5.75 Å². The number of carbonyl (C=O) groups excluding carboxylic acids is 1. The minimum Gasteiger partial charge on any atom is -0.496 e. The van der Waals surface area contributed by atoms with E-state index >= 15 is 0 Å². The minimum atomic E-state index is -5.21. The highest BCUT2D eigenvalue weighted by Crippen LogP contribution is 2.39. The van der Waals surface area contributed by atoms with Crippen LogP contribution in [-0.2, 0) is 11.3 Å². The number of ether oxygens (including phenoxy) is 2. The van der Waals surface area contributed by atoms with Crippen molar-refractivity contribution in [1.82, 2.24) is 10.2 Å². The van der Waals surface area contributed by atoms with Crippen LogP contribution in [0.15, 0.2) is 54.6 Å². The van der Waals surface area contributed by atoms with Crippen LogP contribution in [0.4, 0.5) is 26.7 Å². The molecule has 0 radical (unpaired) electrons. The second kappa shape index (κ2) is 11.5. The van der Waals surface area contributed by atoms with E-state index in [4.69, 9.17) is 9.47 Å². The van der Waals surface area contributed by atoms with Crippen molar-refractivity contribution in [2.24, 2.45) is 0 Å². The van der Waals surface area contributed by atoms with Gasteiger partial charge in [-0.1, -0.05) is 36.4 Å². The average Bonchev–Trinajstić information content (AvgIpc) is 2.81. The van der Waals surface area contributed by atoms with E-state index in [2.05, 4.69) is 5.32 Å². The number of piperidine rings is 1. The predicted octanol–water partition coefficient (Wildman–Crippen LogP) is 7.10.